The Bertz CT molecular complexity index is 795. The van der Waals surface area contributed by atoms with Crippen LogP contribution >= 0.6 is 0 Å². The Hall–Kier alpha value is -1.61. The van der Waals surface area contributed by atoms with Crippen molar-refractivity contribution in [2.24, 2.45) is 0 Å². The van der Waals surface area contributed by atoms with E-state index in [1.165, 1.54) is 0 Å². The van der Waals surface area contributed by atoms with Crippen LogP contribution in [0.15, 0.2) is 12.1 Å². The van der Waals surface area contributed by atoms with Crippen LogP contribution in [0.3, 0.4) is 0 Å². The minimum absolute atomic E-state index is 0.107. The van der Waals surface area contributed by atoms with Crippen LogP contribution < -0.4 is 10.2 Å². The van der Waals surface area contributed by atoms with E-state index >= 15 is 0 Å². The first-order valence-corrected chi connectivity index (χ1v) is 10.4. The second-order valence-corrected chi connectivity index (χ2v) is 9.04. The van der Waals surface area contributed by atoms with Gasteiger partial charge < -0.3 is 23.9 Å². The van der Waals surface area contributed by atoms with E-state index in [0.29, 0.717) is 30.9 Å². The summed E-state index contributed by atoms with van der Waals surface area (Å²) >= 11 is 0. The van der Waals surface area contributed by atoms with Gasteiger partial charge in [0.2, 0.25) is 0 Å². The van der Waals surface area contributed by atoms with Gasteiger partial charge in [0.1, 0.15) is 5.75 Å². The molecule has 1 aromatic rings. The number of ether oxygens (including phenoxy) is 2. The van der Waals surface area contributed by atoms with Crippen LogP contribution in [0.25, 0.3) is 0 Å². The van der Waals surface area contributed by atoms with Gasteiger partial charge in [0, 0.05) is 6.61 Å². The normalized spacial score (nSPS) is 28.3. The van der Waals surface area contributed by atoms with Gasteiger partial charge in [-0.3, -0.25) is 9.69 Å². The lowest BCUT2D eigenvalue weighted by Gasteiger charge is -2.39. The van der Waals surface area contributed by atoms with Crippen molar-refractivity contribution in [2.45, 2.75) is 70.8 Å². The molecule has 0 saturated carbocycles. The van der Waals surface area contributed by atoms with E-state index in [-0.39, 0.29) is 12.6 Å². The number of carbonyl (C=O) groups is 1. The minimum Gasteiger partial charge on any atom is -0.472 e. The van der Waals surface area contributed by atoms with Crippen molar-refractivity contribution in [2.75, 3.05) is 19.9 Å². The number of carbonyl (C=O) groups excluding carboxylic acids is 1. The van der Waals surface area contributed by atoms with E-state index in [1.54, 1.807) is 4.90 Å². The number of fused-ring (bicyclic) bond motifs is 1. The van der Waals surface area contributed by atoms with Gasteiger partial charge in [-0.1, -0.05) is 6.92 Å². The molecule has 3 aliphatic rings. The lowest BCUT2D eigenvalue weighted by molar-refractivity contribution is -0.0696. The van der Waals surface area contributed by atoms with Crippen molar-refractivity contribution in [3.05, 3.63) is 23.3 Å². The molecule has 0 aromatic heterocycles. The van der Waals surface area contributed by atoms with Crippen molar-refractivity contribution < 1.29 is 28.7 Å². The molecule has 8 heteroatoms. The van der Waals surface area contributed by atoms with Crippen molar-refractivity contribution in [3.63, 3.8) is 0 Å². The fraction of sp³-hybridized carbons (Fsp3) is 0.667. The maximum absolute atomic E-state index is 13.3. The molecule has 2 saturated heterocycles. The molecule has 1 aromatic carbocycles. The van der Waals surface area contributed by atoms with Gasteiger partial charge in [-0.2, -0.15) is 0 Å². The first-order chi connectivity index (χ1) is 13.6. The summed E-state index contributed by atoms with van der Waals surface area (Å²) in [4.78, 5) is 14.8. The molecule has 29 heavy (non-hydrogen) atoms. The first-order valence-electron chi connectivity index (χ1n) is 10.4. The monoisotopic (exact) mass is 403 g/mol. The van der Waals surface area contributed by atoms with Gasteiger partial charge in [-0.15, -0.1) is 0 Å². The van der Waals surface area contributed by atoms with E-state index < -0.39 is 30.5 Å². The zero-order valence-corrected chi connectivity index (χ0v) is 17.9. The Morgan fingerprint density at radius 3 is 2.52 bits per heavy atom. The topological polar surface area (TPSA) is 77.5 Å². The maximum Gasteiger partial charge on any atom is 0.495 e. The lowest BCUT2D eigenvalue weighted by Crippen LogP contribution is -2.55. The summed E-state index contributed by atoms with van der Waals surface area (Å²) in [6.45, 7) is 11.0. The Kier molecular flexibility index (Phi) is 5.18. The van der Waals surface area contributed by atoms with Crippen LogP contribution in [0.1, 0.15) is 57.0 Å². The summed E-state index contributed by atoms with van der Waals surface area (Å²) in [6, 6.07) is 3.34. The molecule has 0 unspecified atom stereocenters. The average molecular weight is 403 g/mol. The number of aryl methyl sites for hydroxylation is 1. The Morgan fingerprint density at radius 2 is 1.90 bits per heavy atom. The molecule has 158 valence electrons. The molecule has 4 rings (SSSR count). The summed E-state index contributed by atoms with van der Waals surface area (Å²) < 4.78 is 23.8. The van der Waals surface area contributed by atoms with E-state index in [1.807, 2.05) is 39.8 Å². The molecule has 1 amide bonds. The Balaban J connectivity index is 1.68. The fourth-order valence-corrected chi connectivity index (χ4v) is 4.03. The first kappa shape index (κ1) is 20.7. The van der Waals surface area contributed by atoms with Crippen molar-refractivity contribution >= 4 is 18.5 Å². The van der Waals surface area contributed by atoms with Crippen LogP contribution in [0.2, 0.25) is 0 Å². The average Bonchev–Trinajstić information content (AvgIpc) is 2.89. The number of aliphatic hydroxyl groups excluding tert-OH is 1. The predicted octanol–water partition coefficient (Wildman–Crippen LogP) is 1.49. The molecular weight excluding hydrogens is 373 g/mol. The Morgan fingerprint density at radius 1 is 1.21 bits per heavy atom. The van der Waals surface area contributed by atoms with E-state index in [2.05, 4.69) is 6.92 Å². The maximum atomic E-state index is 13.3. The molecule has 0 bridgehead atoms. The number of benzene rings is 1. The summed E-state index contributed by atoms with van der Waals surface area (Å²) in [6.07, 6.45) is 0.661. The van der Waals surface area contributed by atoms with Crippen molar-refractivity contribution in [1.82, 2.24) is 4.90 Å². The third-order valence-electron chi connectivity index (χ3n) is 6.67. The molecule has 3 heterocycles. The molecule has 0 spiro atoms. The van der Waals surface area contributed by atoms with Crippen LogP contribution in [-0.4, -0.2) is 66.3 Å². The lowest BCUT2D eigenvalue weighted by atomic mass is 9.74. The zero-order chi connectivity index (χ0) is 21.0. The standard InChI is InChI=1S/C21H30BNO6/c1-6-13-9-18-14(10-15(13)22-28-20(2,3)21(4,5)29-22)19(25)23(12-27-18)16-11-26-8-7-17(16)24/h9-10,16-17,24H,6-8,11-12H2,1-5H3/t16-,17-/m0/s1. The van der Waals surface area contributed by atoms with Gasteiger partial charge in [0.15, 0.2) is 6.73 Å². The zero-order valence-electron chi connectivity index (χ0n) is 17.9. The van der Waals surface area contributed by atoms with Gasteiger partial charge in [0.05, 0.1) is 35.5 Å². The molecular formula is C21H30BNO6. The second kappa shape index (κ2) is 7.27. The van der Waals surface area contributed by atoms with Gasteiger partial charge in [-0.05, 0) is 63.7 Å². The molecule has 0 radical (unpaired) electrons. The van der Waals surface area contributed by atoms with E-state index in [9.17, 15) is 9.90 Å². The van der Waals surface area contributed by atoms with E-state index in [0.717, 1.165) is 17.4 Å². The molecule has 2 atom stereocenters. The van der Waals surface area contributed by atoms with E-state index in [4.69, 9.17) is 18.8 Å². The molecule has 2 fully saturated rings. The summed E-state index contributed by atoms with van der Waals surface area (Å²) in [7, 11) is -0.549. The molecule has 7 nitrogen and oxygen atoms in total. The summed E-state index contributed by atoms with van der Waals surface area (Å²) in [5.41, 5.74) is 1.42. The number of nitrogens with zero attached hydrogens (tertiary/aromatic N) is 1. The number of aliphatic hydroxyl groups is 1. The van der Waals surface area contributed by atoms with Crippen molar-refractivity contribution in [3.8, 4) is 5.75 Å². The number of hydrogen-bond donors (Lipinski definition) is 1. The second-order valence-electron chi connectivity index (χ2n) is 9.04. The smallest absolute Gasteiger partial charge is 0.472 e. The highest BCUT2D eigenvalue weighted by molar-refractivity contribution is 6.62. The van der Waals surface area contributed by atoms with Crippen LogP contribution in [0.4, 0.5) is 0 Å². The van der Waals surface area contributed by atoms with Gasteiger partial charge >= 0.3 is 7.12 Å². The van der Waals surface area contributed by atoms with Crippen LogP contribution in [0.5, 0.6) is 5.75 Å². The number of hydrogen-bond acceptors (Lipinski definition) is 6. The molecule has 3 aliphatic heterocycles. The fourth-order valence-electron chi connectivity index (χ4n) is 4.03. The third-order valence-corrected chi connectivity index (χ3v) is 6.67. The number of rotatable bonds is 3. The number of amides is 1. The minimum atomic E-state index is -0.615. The Labute approximate surface area is 172 Å². The summed E-state index contributed by atoms with van der Waals surface area (Å²) in [5, 5.41) is 10.3. The van der Waals surface area contributed by atoms with Gasteiger partial charge in [0.25, 0.3) is 5.91 Å². The van der Waals surface area contributed by atoms with Crippen LogP contribution in [-0.2, 0) is 20.5 Å². The SMILES string of the molecule is CCc1cc2c(cc1B1OC(C)(C)C(C)(C)O1)C(=O)N([C@H]1COCC[C@@H]1O)CO2. The molecule has 1 N–H and O–H groups in total. The molecule has 0 aliphatic carbocycles. The highest BCUT2D eigenvalue weighted by Crippen LogP contribution is 2.37. The highest BCUT2D eigenvalue weighted by Gasteiger charge is 2.52. The van der Waals surface area contributed by atoms with Crippen LogP contribution in [0, 0.1) is 0 Å². The highest BCUT2D eigenvalue weighted by atomic mass is 16.7. The third kappa shape index (κ3) is 3.46. The summed E-state index contributed by atoms with van der Waals surface area (Å²) in [5.74, 6) is 0.399. The quantitative estimate of drug-likeness (QED) is 0.771. The van der Waals surface area contributed by atoms with Crippen molar-refractivity contribution in [1.29, 1.82) is 0 Å². The predicted molar refractivity (Wildman–Crippen MR) is 108 cm³/mol. The van der Waals surface area contributed by atoms with Gasteiger partial charge in [-0.25, -0.2) is 0 Å². The largest absolute Gasteiger partial charge is 0.495 e.